The van der Waals surface area contributed by atoms with Gasteiger partial charge in [-0.15, -0.1) is 11.3 Å². The molecule has 2 aromatic rings. The molecular weight excluding hydrogens is 306 g/mol. The molecule has 1 heterocycles. The van der Waals surface area contributed by atoms with Gasteiger partial charge in [-0.3, -0.25) is 0 Å². The molecular formula is C15H18BrNS. The summed E-state index contributed by atoms with van der Waals surface area (Å²) in [6.07, 6.45) is 4.37. The smallest absolute Gasteiger partial charge is 0.0285 e. The Kier molecular flexibility index (Phi) is 5.42. The molecule has 1 aromatic heterocycles. The third-order valence-electron chi connectivity index (χ3n) is 2.97. The highest BCUT2D eigenvalue weighted by atomic mass is 79.9. The van der Waals surface area contributed by atoms with Gasteiger partial charge in [0.2, 0.25) is 0 Å². The first-order valence-electron chi connectivity index (χ1n) is 6.26. The molecule has 1 atom stereocenters. The fraction of sp³-hybridized carbons (Fsp3) is 0.333. The van der Waals surface area contributed by atoms with Crippen LogP contribution in [-0.4, -0.2) is 6.04 Å². The average Bonchev–Trinajstić information content (AvgIpc) is 2.76. The summed E-state index contributed by atoms with van der Waals surface area (Å²) < 4.78 is 1.17. The Labute approximate surface area is 121 Å². The van der Waals surface area contributed by atoms with Crippen LogP contribution in [0, 0.1) is 0 Å². The summed E-state index contributed by atoms with van der Waals surface area (Å²) in [5.74, 6) is 0. The van der Waals surface area contributed by atoms with Crippen molar-refractivity contribution in [1.82, 2.24) is 0 Å². The molecule has 0 saturated heterocycles. The summed E-state index contributed by atoms with van der Waals surface area (Å²) in [6, 6.07) is 13.1. The number of aryl methyl sites for hydroxylation is 1. The molecule has 1 aromatic carbocycles. The fourth-order valence-corrected chi connectivity index (χ4v) is 3.58. The maximum atomic E-state index is 6.17. The minimum Gasteiger partial charge on any atom is -0.327 e. The predicted molar refractivity (Wildman–Crippen MR) is 83.1 cm³/mol. The highest BCUT2D eigenvalue weighted by Crippen LogP contribution is 2.21. The predicted octanol–water partition coefficient (Wildman–Crippen LogP) is 4.40. The van der Waals surface area contributed by atoms with Crippen LogP contribution < -0.4 is 5.73 Å². The number of rotatable bonds is 6. The van der Waals surface area contributed by atoms with Gasteiger partial charge in [-0.2, -0.15) is 0 Å². The van der Waals surface area contributed by atoms with E-state index in [9.17, 15) is 0 Å². The lowest BCUT2D eigenvalue weighted by molar-refractivity contribution is 0.583. The van der Waals surface area contributed by atoms with Gasteiger partial charge in [-0.05, 0) is 53.2 Å². The van der Waals surface area contributed by atoms with Gasteiger partial charge < -0.3 is 5.73 Å². The molecule has 96 valence electrons. The van der Waals surface area contributed by atoms with Gasteiger partial charge in [0, 0.05) is 20.8 Å². The Hall–Kier alpha value is -0.640. The van der Waals surface area contributed by atoms with Crippen molar-refractivity contribution in [2.75, 3.05) is 0 Å². The number of benzene rings is 1. The summed E-state index contributed by atoms with van der Waals surface area (Å²) >= 11 is 5.26. The molecule has 0 aliphatic rings. The van der Waals surface area contributed by atoms with Gasteiger partial charge in [0.1, 0.15) is 0 Å². The summed E-state index contributed by atoms with van der Waals surface area (Å²) in [5.41, 5.74) is 7.58. The molecule has 2 rings (SSSR count). The van der Waals surface area contributed by atoms with Crippen molar-refractivity contribution in [3.05, 3.63) is 56.7 Å². The van der Waals surface area contributed by atoms with E-state index in [0.717, 1.165) is 25.7 Å². The lowest BCUT2D eigenvalue weighted by atomic mass is 10.0. The van der Waals surface area contributed by atoms with Crippen LogP contribution in [0.15, 0.2) is 46.3 Å². The quantitative estimate of drug-likeness (QED) is 0.837. The van der Waals surface area contributed by atoms with E-state index in [2.05, 4.69) is 57.7 Å². The lowest BCUT2D eigenvalue weighted by Crippen LogP contribution is -2.22. The molecule has 0 amide bonds. The van der Waals surface area contributed by atoms with E-state index in [1.165, 1.54) is 14.9 Å². The van der Waals surface area contributed by atoms with Crippen LogP contribution >= 0.6 is 27.3 Å². The topological polar surface area (TPSA) is 26.0 Å². The number of halogens is 1. The number of hydrogen-bond donors (Lipinski definition) is 1. The van der Waals surface area contributed by atoms with Crippen molar-refractivity contribution in [2.24, 2.45) is 5.73 Å². The maximum absolute atomic E-state index is 6.17. The van der Waals surface area contributed by atoms with Gasteiger partial charge >= 0.3 is 0 Å². The van der Waals surface area contributed by atoms with Crippen molar-refractivity contribution < 1.29 is 0 Å². The Morgan fingerprint density at radius 2 is 2.00 bits per heavy atom. The van der Waals surface area contributed by atoms with Crippen molar-refractivity contribution in [1.29, 1.82) is 0 Å². The highest BCUT2D eigenvalue weighted by molar-refractivity contribution is 9.10. The third kappa shape index (κ3) is 4.56. The van der Waals surface area contributed by atoms with Crippen molar-refractivity contribution in [3.8, 4) is 0 Å². The molecule has 3 heteroatoms. The number of hydrogen-bond acceptors (Lipinski definition) is 2. The second-order valence-corrected chi connectivity index (χ2v) is 6.48. The second-order valence-electron chi connectivity index (χ2n) is 4.57. The van der Waals surface area contributed by atoms with Crippen LogP contribution in [0.2, 0.25) is 0 Å². The molecule has 2 N–H and O–H groups in total. The highest BCUT2D eigenvalue weighted by Gasteiger charge is 2.06. The van der Waals surface area contributed by atoms with E-state index in [4.69, 9.17) is 5.73 Å². The van der Waals surface area contributed by atoms with Gasteiger partial charge in [0.05, 0.1) is 0 Å². The van der Waals surface area contributed by atoms with E-state index in [0.29, 0.717) is 0 Å². The van der Waals surface area contributed by atoms with E-state index >= 15 is 0 Å². The van der Waals surface area contributed by atoms with Crippen LogP contribution in [0.25, 0.3) is 0 Å². The fourth-order valence-electron chi connectivity index (χ4n) is 2.03. The Morgan fingerprint density at radius 3 is 2.67 bits per heavy atom. The zero-order chi connectivity index (χ0) is 12.8. The first-order valence-corrected chi connectivity index (χ1v) is 7.94. The normalized spacial score (nSPS) is 12.6. The molecule has 0 saturated carbocycles. The number of nitrogens with two attached hydrogens (primary N) is 1. The largest absolute Gasteiger partial charge is 0.327 e. The van der Waals surface area contributed by atoms with Gasteiger partial charge in [-0.25, -0.2) is 0 Å². The molecule has 18 heavy (non-hydrogen) atoms. The average molecular weight is 324 g/mol. The van der Waals surface area contributed by atoms with Gasteiger partial charge in [-0.1, -0.05) is 30.3 Å². The van der Waals surface area contributed by atoms with E-state index in [-0.39, 0.29) is 6.04 Å². The second kappa shape index (κ2) is 7.07. The van der Waals surface area contributed by atoms with Crippen LogP contribution in [0.4, 0.5) is 0 Å². The summed E-state index contributed by atoms with van der Waals surface area (Å²) in [6.45, 7) is 0. The molecule has 0 radical (unpaired) electrons. The molecule has 0 aliphatic carbocycles. The third-order valence-corrected chi connectivity index (χ3v) is 4.69. The van der Waals surface area contributed by atoms with Crippen molar-refractivity contribution >= 4 is 27.3 Å². The maximum Gasteiger partial charge on any atom is 0.0285 e. The monoisotopic (exact) mass is 323 g/mol. The minimum absolute atomic E-state index is 0.277. The zero-order valence-electron chi connectivity index (χ0n) is 10.3. The number of thiophene rings is 1. The van der Waals surface area contributed by atoms with Crippen molar-refractivity contribution in [2.45, 2.75) is 31.7 Å². The molecule has 0 spiro atoms. The van der Waals surface area contributed by atoms with Crippen LogP contribution in [0.3, 0.4) is 0 Å². The lowest BCUT2D eigenvalue weighted by Gasteiger charge is -2.10. The van der Waals surface area contributed by atoms with Crippen LogP contribution in [0.5, 0.6) is 0 Å². The van der Waals surface area contributed by atoms with Gasteiger partial charge in [0.25, 0.3) is 0 Å². The van der Waals surface area contributed by atoms with E-state index in [1.807, 2.05) is 0 Å². The molecule has 0 bridgehead atoms. The molecule has 1 unspecified atom stereocenters. The SMILES string of the molecule is NC(CCCc1ccccc1)Cc1cc(Br)cs1. The molecule has 1 nitrogen and oxygen atoms in total. The van der Waals surface area contributed by atoms with E-state index < -0.39 is 0 Å². The first kappa shape index (κ1) is 13.8. The van der Waals surface area contributed by atoms with Crippen LogP contribution in [0.1, 0.15) is 23.3 Å². The summed E-state index contributed by atoms with van der Waals surface area (Å²) in [4.78, 5) is 1.37. The first-order chi connectivity index (χ1) is 8.74. The van der Waals surface area contributed by atoms with Gasteiger partial charge in [0.15, 0.2) is 0 Å². The Bertz CT molecular complexity index is 466. The minimum atomic E-state index is 0.277. The summed E-state index contributed by atoms with van der Waals surface area (Å²) in [7, 11) is 0. The molecule has 0 fully saturated rings. The van der Waals surface area contributed by atoms with Crippen molar-refractivity contribution in [3.63, 3.8) is 0 Å². The van der Waals surface area contributed by atoms with E-state index in [1.54, 1.807) is 11.3 Å². The Balaban J connectivity index is 1.70. The van der Waals surface area contributed by atoms with Crippen LogP contribution in [-0.2, 0) is 12.8 Å². The molecule has 0 aliphatic heterocycles. The summed E-state index contributed by atoms with van der Waals surface area (Å²) in [5, 5.41) is 2.12. The Morgan fingerprint density at radius 1 is 1.22 bits per heavy atom. The zero-order valence-corrected chi connectivity index (χ0v) is 12.7. The standard InChI is InChI=1S/C15H18BrNS/c16-13-9-15(18-11-13)10-14(17)8-4-7-12-5-2-1-3-6-12/h1-3,5-6,9,11,14H,4,7-8,10,17H2.